The first-order valence-corrected chi connectivity index (χ1v) is 9.61. The maximum Gasteiger partial charge on any atom is 0.343 e. The van der Waals surface area contributed by atoms with Crippen LogP contribution >= 0.6 is 0 Å². The van der Waals surface area contributed by atoms with E-state index >= 15 is 0 Å². The van der Waals surface area contributed by atoms with Crippen LogP contribution in [0.25, 0.3) is 21.8 Å². The minimum Gasteiger partial charge on any atom is -0.481 e. The summed E-state index contributed by atoms with van der Waals surface area (Å²) in [5, 5.41) is 1.51. The van der Waals surface area contributed by atoms with E-state index < -0.39 is 11.9 Å². The number of aryl methyl sites for hydroxylation is 1. The number of hydrogen-bond donors (Lipinski definition) is 1. The van der Waals surface area contributed by atoms with Crippen LogP contribution in [-0.2, 0) is 16.1 Å². The van der Waals surface area contributed by atoms with Crippen molar-refractivity contribution in [2.24, 2.45) is 5.73 Å². The first-order chi connectivity index (χ1) is 13.6. The highest BCUT2D eigenvalue weighted by atomic mass is 16.6. The Balaban J connectivity index is 0.000000921. The van der Waals surface area contributed by atoms with Crippen LogP contribution in [0.4, 0.5) is 0 Å². The maximum absolute atomic E-state index is 11.9. The number of nitrogens with two attached hydrogens (primary N) is 1. The zero-order valence-electron chi connectivity index (χ0n) is 17.5. The number of aromatic nitrogens is 1. The van der Waals surface area contributed by atoms with E-state index in [1.54, 1.807) is 12.1 Å². The van der Waals surface area contributed by atoms with Crippen molar-refractivity contribution in [1.29, 1.82) is 0 Å². The fraction of sp³-hybridized carbons (Fsp3) is 0.364. The van der Waals surface area contributed by atoms with Crippen molar-refractivity contribution in [3.8, 4) is 5.75 Å². The highest BCUT2D eigenvalue weighted by Gasteiger charge is 2.19. The molecule has 2 N–H and O–H groups in total. The van der Waals surface area contributed by atoms with E-state index in [0.29, 0.717) is 11.3 Å². The number of hydrogen-bond acceptors (Lipinski definition) is 4. The molecule has 0 aliphatic heterocycles. The summed E-state index contributed by atoms with van der Waals surface area (Å²) in [6.45, 7) is 10.5. The summed E-state index contributed by atoms with van der Waals surface area (Å²) in [4.78, 5) is 23.3. The van der Waals surface area contributed by atoms with Crippen LogP contribution in [0, 0.1) is 0 Å². The smallest absolute Gasteiger partial charge is 0.343 e. The van der Waals surface area contributed by atoms with E-state index in [0.717, 1.165) is 28.4 Å². The van der Waals surface area contributed by atoms with Gasteiger partial charge in [0.1, 0.15) is 5.75 Å². The summed E-state index contributed by atoms with van der Waals surface area (Å²) in [6, 6.07) is 11.0. The number of ether oxygens (including phenoxy) is 2. The first-order valence-electron chi connectivity index (χ1n) is 9.61. The van der Waals surface area contributed by atoms with Gasteiger partial charge in [0.05, 0.1) is 23.5 Å². The second-order valence-electron chi connectivity index (χ2n) is 5.32. The minimum atomic E-state index is -0.501. The topological polar surface area (TPSA) is 83.6 Å². The summed E-state index contributed by atoms with van der Waals surface area (Å²) in [5.41, 5.74) is 7.80. The number of amides is 1. The molecular formula is C22H30N2O4. The Morgan fingerprint density at radius 1 is 0.964 bits per heavy atom. The van der Waals surface area contributed by atoms with Gasteiger partial charge in [0.2, 0.25) is 5.91 Å². The molecule has 3 rings (SSSR count). The average Bonchev–Trinajstić information content (AvgIpc) is 3.08. The number of nitrogens with zero attached hydrogens (tertiary/aromatic N) is 1. The third-order valence-corrected chi connectivity index (χ3v) is 4.03. The molecule has 6 nitrogen and oxygen atoms in total. The van der Waals surface area contributed by atoms with Gasteiger partial charge >= 0.3 is 5.97 Å². The second kappa shape index (κ2) is 11.0. The lowest BCUT2D eigenvalue weighted by atomic mass is 10.1. The molecule has 0 saturated carbocycles. The minimum absolute atomic E-state index is 0.201. The molecule has 0 bridgehead atoms. The second-order valence-corrected chi connectivity index (χ2v) is 5.32. The number of rotatable bonds is 5. The molecule has 0 fully saturated rings. The van der Waals surface area contributed by atoms with Gasteiger partial charge in [-0.3, -0.25) is 4.79 Å². The number of benzene rings is 2. The summed E-state index contributed by atoms with van der Waals surface area (Å²) in [5.74, 6) is -0.455. The molecule has 0 saturated heterocycles. The maximum atomic E-state index is 11.9. The van der Waals surface area contributed by atoms with Crippen LogP contribution in [-0.4, -0.2) is 30.2 Å². The third kappa shape index (κ3) is 4.44. The lowest BCUT2D eigenvalue weighted by Crippen LogP contribution is -2.13. The quantitative estimate of drug-likeness (QED) is 0.654. The summed E-state index contributed by atoms with van der Waals surface area (Å²) in [7, 11) is 1.31. The van der Waals surface area contributed by atoms with Crippen molar-refractivity contribution < 1.29 is 19.1 Å². The number of fused-ring (bicyclic) bond motifs is 3. The van der Waals surface area contributed by atoms with Crippen LogP contribution < -0.4 is 10.5 Å². The van der Waals surface area contributed by atoms with Crippen molar-refractivity contribution in [2.75, 3.05) is 13.7 Å². The number of primary amides is 1. The molecule has 28 heavy (non-hydrogen) atoms. The largest absolute Gasteiger partial charge is 0.481 e. The van der Waals surface area contributed by atoms with Gasteiger partial charge in [-0.2, -0.15) is 0 Å². The number of carbonyl (C=O) groups is 2. The molecular weight excluding hydrogens is 356 g/mol. The Bertz CT molecular complexity index is 945. The van der Waals surface area contributed by atoms with Gasteiger partial charge in [-0.05, 0) is 31.2 Å². The molecule has 0 spiro atoms. The molecule has 6 heteroatoms. The van der Waals surface area contributed by atoms with Gasteiger partial charge in [0.15, 0.2) is 6.61 Å². The molecule has 3 aromatic rings. The van der Waals surface area contributed by atoms with Gasteiger partial charge in [-0.25, -0.2) is 4.79 Å². The van der Waals surface area contributed by atoms with Crippen molar-refractivity contribution in [3.05, 3.63) is 42.0 Å². The van der Waals surface area contributed by atoms with Gasteiger partial charge < -0.3 is 19.8 Å². The summed E-state index contributed by atoms with van der Waals surface area (Å²) in [6.07, 6.45) is 0. The fourth-order valence-corrected chi connectivity index (χ4v) is 3.02. The lowest BCUT2D eigenvalue weighted by Gasteiger charge is -2.07. The van der Waals surface area contributed by atoms with E-state index in [2.05, 4.69) is 9.30 Å². The van der Waals surface area contributed by atoms with E-state index in [4.69, 9.17) is 10.5 Å². The summed E-state index contributed by atoms with van der Waals surface area (Å²) >= 11 is 0. The van der Waals surface area contributed by atoms with E-state index in [9.17, 15) is 9.59 Å². The number of esters is 1. The fourth-order valence-electron chi connectivity index (χ4n) is 3.02. The van der Waals surface area contributed by atoms with E-state index in [1.165, 1.54) is 7.11 Å². The molecule has 1 heterocycles. The molecule has 0 unspecified atom stereocenters. The Morgan fingerprint density at radius 3 is 2.07 bits per heavy atom. The lowest BCUT2D eigenvalue weighted by molar-refractivity contribution is -0.142. The van der Waals surface area contributed by atoms with Crippen molar-refractivity contribution in [2.45, 2.75) is 41.2 Å². The predicted molar refractivity (Wildman–Crippen MR) is 114 cm³/mol. The van der Waals surface area contributed by atoms with E-state index in [1.807, 2.05) is 58.9 Å². The van der Waals surface area contributed by atoms with Gasteiger partial charge in [-0.1, -0.05) is 39.8 Å². The molecule has 2 aromatic carbocycles. The van der Waals surface area contributed by atoms with Gasteiger partial charge in [0, 0.05) is 17.5 Å². The van der Waals surface area contributed by atoms with Crippen molar-refractivity contribution in [3.63, 3.8) is 0 Å². The summed E-state index contributed by atoms with van der Waals surface area (Å²) < 4.78 is 12.3. The molecule has 1 aromatic heterocycles. The highest BCUT2D eigenvalue weighted by molar-refractivity contribution is 6.19. The first kappa shape index (κ1) is 23.0. The zero-order valence-corrected chi connectivity index (χ0v) is 17.5. The normalized spacial score (nSPS) is 9.79. The molecule has 1 amide bonds. The molecule has 0 aliphatic rings. The zero-order chi connectivity index (χ0) is 21.3. The van der Waals surface area contributed by atoms with Gasteiger partial charge in [0.25, 0.3) is 0 Å². The Morgan fingerprint density at radius 2 is 1.54 bits per heavy atom. The van der Waals surface area contributed by atoms with Crippen molar-refractivity contribution in [1.82, 2.24) is 4.57 Å². The molecule has 0 aliphatic carbocycles. The highest BCUT2D eigenvalue weighted by Crippen LogP contribution is 2.37. The van der Waals surface area contributed by atoms with Crippen LogP contribution in [0.2, 0.25) is 0 Å². The van der Waals surface area contributed by atoms with E-state index in [-0.39, 0.29) is 6.61 Å². The Hall–Kier alpha value is -3.02. The SMILES string of the molecule is CC.CC.CCn1c2cccc(OCC(=O)OC)c2c2c(C(N)=O)cccc21. The standard InChI is InChI=1S/C18H18N2O4.2C2H6/c1-3-20-12-7-4-6-11(18(19)22)16(12)17-13(20)8-5-9-14(17)24-10-15(21)23-2;2*1-2/h4-9H,3,10H2,1-2H3,(H2,19,22);2*1-2H3. The monoisotopic (exact) mass is 386 g/mol. The number of carbonyl (C=O) groups excluding carboxylic acids is 2. The van der Waals surface area contributed by atoms with Crippen LogP contribution in [0.5, 0.6) is 5.75 Å². The predicted octanol–water partition coefficient (Wildman–Crippen LogP) is 4.52. The van der Waals surface area contributed by atoms with Crippen LogP contribution in [0.1, 0.15) is 45.0 Å². The third-order valence-electron chi connectivity index (χ3n) is 4.03. The average molecular weight is 386 g/mol. The molecule has 0 atom stereocenters. The van der Waals surface area contributed by atoms with Crippen LogP contribution in [0.3, 0.4) is 0 Å². The van der Waals surface area contributed by atoms with Crippen molar-refractivity contribution >= 4 is 33.7 Å². The van der Waals surface area contributed by atoms with Crippen LogP contribution in [0.15, 0.2) is 36.4 Å². The Kier molecular flexibility index (Phi) is 9.02. The number of methoxy groups -OCH3 is 1. The molecule has 152 valence electrons. The Labute approximate surface area is 166 Å². The molecule has 0 radical (unpaired) electrons. The van der Waals surface area contributed by atoms with Gasteiger partial charge in [-0.15, -0.1) is 0 Å².